The van der Waals surface area contributed by atoms with Crippen molar-refractivity contribution in [1.82, 2.24) is 29.7 Å². The van der Waals surface area contributed by atoms with Crippen LogP contribution in [0, 0.1) is 5.92 Å². The smallest absolute Gasteiger partial charge is 0.409 e. The lowest BCUT2D eigenvalue weighted by Crippen LogP contribution is -2.50. The molecule has 10 nitrogen and oxygen atoms in total. The number of ether oxygens (including phenoxy) is 2. The first-order valence-corrected chi connectivity index (χ1v) is 15.7. The van der Waals surface area contributed by atoms with E-state index < -0.39 is 11.6 Å². The Hall–Kier alpha value is -3.73. The number of methoxy groups -OCH3 is 1. The van der Waals surface area contributed by atoms with Crippen molar-refractivity contribution in [3.8, 4) is 0 Å². The van der Waals surface area contributed by atoms with Crippen molar-refractivity contribution < 1.29 is 19.1 Å². The summed E-state index contributed by atoms with van der Waals surface area (Å²) in [6, 6.07) is 9.24. The second kappa shape index (κ2) is 11.6. The lowest BCUT2D eigenvalue weighted by molar-refractivity contribution is -0.134. The van der Waals surface area contributed by atoms with Crippen LogP contribution in [0.4, 0.5) is 4.79 Å². The molecule has 2 saturated carbocycles. The number of aryl methyl sites for hydroxylation is 1. The molecule has 3 fully saturated rings. The Morgan fingerprint density at radius 1 is 1.16 bits per heavy atom. The number of amides is 2. The molecule has 3 heterocycles. The second-order valence-corrected chi connectivity index (χ2v) is 12.7. The number of carbonyl (C=O) groups excluding carboxylic acids is 2. The van der Waals surface area contributed by atoms with Gasteiger partial charge in [0, 0.05) is 51.6 Å². The minimum Gasteiger partial charge on any atom is -0.449 e. The number of piperazine rings is 1. The van der Waals surface area contributed by atoms with E-state index in [1.165, 1.54) is 0 Å². The zero-order valence-electron chi connectivity index (χ0n) is 25.0. The lowest BCUT2D eigenvalue weighted by atomic mass is 9.89. The highest BCUT2D eigenvalue weighted by atomic mass is 35.5. The van der Waals surface area contributed by atoms with Crippen LogP contribution < -0.4 is 5.32 Å². The Labute approximate surface area is 262 Å². The maximum absolute atomic E-state index is 13.6. The molecule has 1 aromatic carbocycles. The monoisotopic (exact) mass is 616 g/mol. The fourth-order valence-electron chi connectivity index (χ4n) is 6.38. The Morgan fingerprint density at radius 3 is 2.64 bits per heavy atom. The molecule has 230 valence electrons. The van der Waals surface area contributed by atoms with Crippen LogP contribution in [0.5, 0.6) is 0 Å². The average molecular weight is 617 g/mol. The van der Waals surface area contributed by atoms with E-state index in [-0.39, 0.29) is 18.0 Å². The van der Waals surface area contributed by atoms with Crippen LogP contribution in [-0.2, 0) is 21.3 Å². The Balaban J connectivity index is 1.26. The van der Waals surface area contributed by atoms with Gasteiger partial charge < -0.3 is 24.3 Å². The molecule has 11 heteroatoms. The molecule has 3 aliphatic carbocycles. The van der Waals surface area contributed by atoms with E-state index in [1.54, 1.807) is 24.5 Å². The van der Waals surface area contributed by atoms with Crippen LogP contribution in [-0.4, -0.2) is 81.8 Å². The van der Waals surface area contributed by atoms with Crippen LogP contribution in [0.25, 0.3) is 11.6 Å². The van der Waals surface area contributed by atoms with Crippen molar-refractivity contribution in [2.24, 2.45) is 13.0 Å². The van der Waals surface area contributed by atoms with Crippen molar-refractivity contribution in [3.05, 3.63) is 82.2 Å². The molecule has 2 aromatic heterocycles. The molecule has 2 unspecified atom stereocenters. The number of fused-ring (bicyclic) bond motifs is 2. The van der Waals surface area contributed by atoms with Crippen molar-refractivity contribution in [2.45, 2.75) is 43.4 Å². The fraction of sp³-hybridized carbons (Fsp3) is 0.455. The third kappa shape index (κ3) is 5.50. The van der Waals surface area contributed by atoms with Gasteiger partial charge in [0.05, 0.1) is 42.6 Å². The highest BCUT2D eigenvalue weighted by Gasteiger charge is 2.51. The molecule has 44 heavy (non-hydrogen) atoms. The van der Waals surface area contributed by atoms with E-state index in [1.807, 2.05) is 36.0 Å². The summed E-state index contributed by atoms with van der Waals surface area (Å²) in [7, 11) is 3.51. The summed E-state index contributed by atoms with van der Waals surface area (Å²) in [5.74, 6) is 0.385. The number of pyridine rings is 1. The zero-order valence-corrected chi connectivity index (χ0v) is 25.8. The predicted molar refractivity (Wildman–Crippen MR) is 166 cm³/mol. The molecule has 3 aromatic rings. The summed E-state index contributed by atoms with van der Waals surface area (Å²) in [6.07, 6.45) is 10.9. The van der Waals surface area contributed by atoms with Gasteiger partial charge in [0.15, 0.2) is 0 Å². The van der Waals surface area contributed by atoms with Gasteiger partial charge in [-0.1, -0.05) is 23.7 Å². The van der Waals surface area contributed by atoms with Crippen LogP contribution in [0.15, 0.2) is 49.1 Å². The molecule has 7 rings (SSSR count). The first kappa shape index (κ1) is 29.0. The number of benzene rings is 1. The average Bonchev–Trinajstić information content (AvgIpc) is 3.97. The van der Waals surface area contributed by atoms with Crippen LogP contribution >= 0.6 is 11.6 Å². The van der Waals surface area contributed by atoms with E-state index in [0.29, 0.717) is 56.6 Å². The zero-order chi connectivity index (χ0) is 30.4. The topological polar surface area (TPSA) is 102 Å². The molecule has 1 aliphatic heterocycles. The van der Waals surface area contributed by atoms with Gasteiger partial charge in [-0.2, -0.15) is 0 Å². The van der Waals surface area contributed by atoms with E-state index >= 15 is 0 Å². The highest BCUT2D eigenvalue weighted by Crippen LogP contribution is 2.46. The fourth-order valence-corrected chi connectivity index (χ4v) is 6.55. The van der Waals surface area contributed by atoms with E-state index in [0.717, 1.165) is 46.5 Å². The SMILES string of the molecule is COC1(C(=O)NC(C2=Cc3cccnc3C(N3CCN(C(=O)OCC4CC4)CC3)c3ccc(Cl)cc32)c2cncn2C)CC1. The normalized spacial score (nSPS) is 21.4. The summed E-state index contributed by atoms with van der Waals surface area (Å²) in [6.45, 7) is 2.97. The molecule has 0 spiro atoms. The summed E-state index contributed by atoms with van der Waals surface area (Å²) >= 11 is 6.68. The quantitative estimate of drug-likeness (QED) is 0.394. The highest BCUT2D eigenvalue weighted by molar-refractivity contribution is 6.30. The summed E-state index contributed by atoms with van der Waals surface area (Å²) in [5, 5.41) is 3.91. The molecule has 1 saturated heterocycles. The van der Waals surface area contributed by atoms with Crippen LogP contribution in [0.2, 0.25) is 5.02 Å². The standard InChI is InChI=1S/C33H37ClN6O4/c1-38-20-35-18-27(38)29(37-31(41)33(43-2)9-10-33)26-16-22-4-3-11-36-28(22)30(24-8-7-23(34)17-25(24)26)39-12-14-40(15-13-39)32(42)44-19-21-5-6-21/h3-4,7-8,11,16-18,20-21,29-30H,5-6,9-10,12-15,19H2,1-2H3,(H,37,41). The third-order valence-electron chi connectivity index (χ3n) is 9.38. The first-order valence-electron chi connectivity index (χ1n) is 15.3. The van der Waals surface area contributed by atoms with Crippen molar-refractivity contribution in [1.29, 1.82) is 0 Å². The van der Waals surface area contributed by atoms with Gasteiger partial charge >= 0.3 is 6.09 Å². The number of aromatic nitrogens is 3. The van der Waals surface area contributed by atoms with Gasteiger partial charge in [-0.05, 0) is 78.1 Å². The van der Waals surface area contributed by atoms with E-state index in [2.05, 4.69) is 33.4 Å². The number of rotatable bonds is 8. The molecule has 0 radical (unpaired) electrons. The Morgan fingerprint density at radius 2 is 1.95 bits per heavy atom. The van der Waals surface area contributed by atoms with Crippen molar-refractivity contribution >= 4 is 35.3 Å². The maximum atomic E-state index is 13.6. The number of imidazole rings is 1. The van der Waals surface area contributed by atoms with Gasteiger partial charge in [-0.15, -0.1) is 0 Å². The number of carbonyl (C=O) groups is 2. The lowest BCUT2D eigenvalue weighted by Gasteiger charge is -2.39. The van der Waals surface area contributed by atoms with Crippen LogP contribution in [0.3, 0.4) is 0 Å². The summed E-state index contributed by atoms with van der Waals surface area (Å²) in [5.41, 5.74) is 4.77. The Kier molecular flexibility index (Phi) is 7.68. The predicted octanol–water partition coefficient (Wildman–Crippen LogP) is 4.61. The van der Waals surface area contributed by atoms with Gasteiger partial charge in [-0.25, -0.2) is 9.78 Å². The van der Waals surface area contributed by atoms with E-state index in [4.69, 9.17) is 26.1 Å². The van der Waals surface area contributed by atoms with Crippen molar-refractivity contribution in [3.63, 3.8) is 0 Å². The number of nitrogens with zero attached hydrogens (tertiary/aromatic N) is 5. The maximum Gasteiger partial charge on any atom is 0.409 e. The van der Waals surface area contributed by atoms with Crippen LogP contribution in [0.1, 0.15) is 65.8 Å². The van der Waals surface area contributed by atoms with Crippen molar-refractivity contribution in [2.75, 3.05) is 39.9 Å². The number of hydrogen-bond donors (Lipinski definition) is 1. The van der Waals surface area contributed by atoms with Gasteiger partial charge in [0.25, 0.3) is 5.91 Å². The molecule has 1 N–H and O–H groups in total. The van der Waals surface area contributed by atoms with Gasteiger partial charge in [0.1, 0.15) is 5.60 Å². The third-order valence-corrected chi connectivity index (χ3v) is 9.62. The van der Waals surface area contributed by atoms with E-state index in [9.17, 15) is 9.59 Å². The molecule has 2 atom stereocenters. The van der Waals surface area contributed by atoms with Gasteiger partial charge in [-0.3, -0.25) is 14.7 Å². The number of halogens is 1. The molecule has 4 aliphatic rings. The second-order valence-electron chi connectivity index (χ2n) is 12.3. The number of hydrogen-bond acceptors (Lipinski definition) is 7. The summed E-state index contributed by atoms with van der Waals surface area (Å²) < 4.78 is 13.1. The molecular weight excluding hydrogens is 580 g/mol. The first-order chi connectivity index (χ1) is 21.4. The number of nitrogens with one attached hydrogen (secondary N) is 1. The largest absolute Gasteiger partial charge is 0.449 e. The minimum absolute atomic E-state index is 0.146. The molecule has 2 amide bonds. The molecule has 0 bridgehead atoms. The summed E-state index contributed by atoms with van der Waals surface area (Å²) in [4.78, 5) is 39.9. The van der Waals surface area contributed by atoms with Gasteiger partial charge in [0.2, 0.25) is 0 Å². The molecular formula is C33H37ClN6O4. The Bertz CT molecular complexity index is 1600. The minimum atomic E-state index is -0.805.